The van der Waals surface area contributed by atoms with E-state index >= 15 is 0 Å². The summed E-state index contributed by atoms with van der Waals surface area (Å²) < 4.78 is 30.0. The van der Waals surface area contributed by atoms with Gasteiger partial charge in [0.1, 0.15) is 0 Å². The summed E-state index contributed by atoms with van der Waals surface area (Å²) in [5, 5.41) is 0. The van der Waals surface area contributed by atoms with E-state index in [-0.39, 0.29) is 12.1 Å². The molecule has 0 spiro atoms. The Kier molecular flexibility index (Phi) is 2.74. The Morgan fingerprint density at radius 3 is 2.54 bits per heavy atom. The van der Waals surface area contributed by atoms with E-state index in [2.05, 4.69) is 9.46 Å². The maximum Gasteiger partial charge on any atom is 0.421 e. The number of nitrogens with one attached hydrogen (secondary N) is 2. The van der Waals surface area contributed by atoms with Gasteiger partial charge >= 0.3 is 16.3 Å². The Morgan fingerprint density at radius 1 is 1.62 bits per heavy atom. The topological polar surface area (TPSA) is 111 Å². The zero-order valence-electron chi connectivity index (χ0n) is 6.98. The molecule has 0 aromatic rings. The van der Waals surface area contributed by atoms with E-state index in [1.54, 1.807) is 4.72 Å². The molecule has 4 N–H and O–H groups in total. The molecule has 76 valence electrons. The lowest BCUT2D eigenvalue weighted by Gasteiger charge is -2.05. The van der Waals surface area contributed by atoms with Gasteiger partial charge in [0.05, 0.1) is 7.11 Å². The Labute approximate surface area is 75.8 Å². The zero-order chi connectivity index (χ0) is 10.1. The summed E-state index contributed by atoms with van der Waals surface area (Å²) in [5.74, 6) is 0. The van der Waals surface area contributed by atoms with Crippen molar-refractivity contribution in [3.8, 4) is 0 Å². The van der Waals surface area contributed by atoms with Crippen molar-refractivity contribution in [1.29, 1.82) is 0 Å². The second-order valence-electron chi connectivity index (χ2n) is 2.72. The van der Waals surface area contributed by atoms with Gasteiger partial charge in [-0.25, -0.2) is 9.52 Å². The van der Waals surface area contributed by atoms with E-state index in [0.717, 1.165) is 7.11 Å². The molecule has 1 aliphatic rings. The van der Waals surface area contributed by atoms with Crippen LogP contribution >= 0.6 is 0 Å². The number of hydrogen-bond acceptors (Lipinski definition) is 5. The first-order valence-electron chi connectivity index (χ1n) is 3.58. The fraction of sp³-hybridized carbons (Fsp3) is 0.800. The van der Waals surface area contributed by atoms with E-state index in [9.17, 15) is 13.2 Å². The molecule has 2 atom stereocenters. The number of carbonyl (C=O) groups excluding carboxylic acids is 1. The summed E-state index contributed by atoms with van der Waals surface area (Å²) in [5.41, 5.74) is 5.37. The molecule has 0 bridgehead atoms. The highest BCUT2D eigenvalue weighted by atomic mass is 32.2. The molecule has 13 heavy (non-hydrogen) atoms. The lowest BCUT2D eigenvalue weighted by Crippen LogP contribution is -2.42. The van der Waals surface area contributed by atoms with Crippen LogP contribution in [0.3, 0.4) is 0 Å². The normalized spacial score (nSPS) is 26.6. The summed E-state index contributed by atoms with van der Waals surface area (Å²) >= 11 is 0. The Bertz CT molecular complexity index is 301. The van der Waals surface area contributed by atoms with Gasteiger partial charge in [-0.1, -0.05) is 0 Å². The number of carbonyl (C=O) groups is 1. The summed E-state index contributed by atoms with van der Waals surface area (Å²) in [6, 6.07) is -0.434. The van der Waals surface area contributed by atoms with Gasteiger partial charge in [-0.15, -0.1) is 0 Å². The molecular weight excluding hydrogens is 198 g/mol. The molecule has 0 aromatic heterocycles. The van der Waals surface area contributed by atoms with Crippen LogP contribution in [0.1, 0.15) is 6.42 Å². The zero-order valence-corrected chi connectivity index (χ0v) is 7.80. The van der Waals surface area contributed by atoms with E-state index in [0.29, 0.717) is 6.42 Å². The summed E-state index contributed by atoms with van der Waals surface area (Å²) in [6.07, 6.45) is -0.441. The van der Waals surface area contributed by atoms with Gasteiger partial charge in [0.2, 0.25) is 0 Å². The van der Waals surface area contributed by atoms with Gasteiger partial charge in [-0.3, -0.25) is 0 Å². The minimum absolute atomic E-state index is 0.158. The summed E-state index contributed by atoms with van der Waals surface area (Å²) in [7, 11) is -2.74. The maximum absolute atomic E-state index is 11.0. The molecular formula is C5H11N3O4S. The first-order valence-corrected chi connectivity index (χ1v) is 5.06. The lowest BCUT2D eigenvalue weighted by atomic mass is 10.7. The predicted octanol–water partition coefficient (Wildman–Crippen LogP) is -1.72. The molecule has 0 heterocycles. The molecule has 1 amide bonds. The Balaban J connectivity index is 2.42. The number of ether oxygens (including phenoxy) is 1. The number of methoxy groups -OCH3 is 1. The quantitative estimate of drug-likeness (QED) is 0.512. The average molecular weight is 209 g/mol. The van der Waals surface area contributed by atoms with Gasteiger partial charge in [0.25, 0.3) is 0 Å². The van der Waals surface area contributed by atoms with Crippen LogP contribution in [0.15, 0.2) is 0 Å². The molecule has 1 saturated carbocycles. The minimum atomic E-state index is -3.82. The van der Waals surface area contributed by atoms with Gasteiger partial charge < -0.3 is 10.5 Å². The van der Waals surface area contributed by atoms with Crippen molar-refractivity contribution in [2.75, 3.05) is 7.11 Å². The predicted molar refractivity (Wildman–Crippen MR) is 44.0 cm³/mol. The van der Waals surface area contributed by atoms with Crippen LogP contribution in [0.4, 0.5) is 4.79 Å². The van der Waals surface area contributed by atoms with Gasteiger partial charge in [-0.2, -0.15) is 13.1 Å². The fourth-order valence-corrected chi connectivity index (χ4v) is 1.76. The molecule has 0 radical (unpaired) electrons. The Morgan fingerprint density at radius 2 is 2.15 bits per heavy atom. The summed E-state index contributed by atoms with van der Waals surface area (Å²) in [6.45, 7) is 0. The van der Waals surface area contributed by atoms with Gasteiger partial charge in [0.15, 0.2) is 0 Å². The van der Waals surface area contributed by atoms with Crippen LogP contribution in [0.2, 0.25) is 0 Å². The van der Waals surface area contributed by atoms with Crippen molar-refractivity contribution in [2.24, 2.45) is 5.73 Å². The van der Waals surface area contributed by atoms with Crippen LogP contribution in [-0.4, -0.2) is 33.7 Å². The molecule has 8 heteroatoms. The second kappa shape index (κ2) is 3.48. The largest absolute Gasteiger partial charge is 0.452 e. The van der Waals surface area contributed by atoms with Crippen LogP contribution in [0, 0.1) is 0 Å². The summed E-state index contributed by atoms with van der Waals surface area (Å²) in [4.78, 5) is 10.5. The maximum atomic E-state index is 11.0. The van der Waals surface area contributed by atoms with Crippen molar-refractivity contribution >= 4 is 16.3 Å². The van der Waals surface area contributed by atoms with Crippen molar-refractivity contribution in [2.45, 2.75) is 18.5 Å². The highest BCUT2D eigenvalue weighted by Gasteiger charge is 2.37. The average Bonchev–Trinajstić information content (AvgIpc) is 2.63. The lowest BCUT2D eigenvalue weighted by molar-refractivity contribution is 0.177. The fourth-order valence-electron chi connectivity index (χ4n) is 0.730. The molecule has 1 aliphatic carbocycles. The van der Waals surface area contributed by atoms with E-state index in [4.69, 9.17) is 5.73 Å². The molecule has 2 unspecified atom stereocenters. The number of nitrogens with two attached hydrogens (primary N) is 1. The van der Waals surface area contributed by atoms with Crippen molar-refractivity contribution < 1.29 is 17.9 Å². The SMILES string of the molecule is COC(=O)NS(=O)(=O)NC1CC1N. The third kappa shape index (κ3) is 3.17. The highest BCUT2D eigenvalue weighted by molar-refractivity contribution is 7.88. The first-order chi connectivity index (χ1) is 5.94. The second-order valence-corrected chi connectivity index (χ2v) is 4.17. The Hall–Kier alpha value is -0.860. The van der Waals surface area contributed by atoms with E-state index in [1.165, 1.54) is 0 Å². The van der Waals surface area contributed by atoms with Crippen molar-refractivity contribution in [1.82, 2.24) is 9.44 Å². The van der Waals surface area contributed by atoms with E-state index in [1.807, 2.05) is 0 Å². The molecule has 1 rings (SSSR count). The van der Waals surface area contributed by atoms with Crippen LogP contribution in [0.25, 0.3) is 0 Å². The van der Waals surface area contributed by atoms with Crippen molar-refractivity contribution in [3.05, 3.63) is 0 Å². The van der Waals surface area contributed by atoms with Crippen LogP contribution in [0.5, 0.6) is 0 Å². The van der Waals surface area contributed by atoms with Gasteiger partial charge in [-0.05, 0) is 6.42 Å². The molecule has 1 fully saturated rings. The van der Waals surface area contributed by atoms with Crippen LogP contribution in [-0.2, 0) is 14.9 Å². The standard InChI is InChI=1S/C5H11N3O4S/c1-12-5(9)8-13(10,11)7-4-2-3(4)6/h3-4,7H,2,6H2,1H3,(H,8,9). The minimum Gasteiger partial charge on any atom is -0.452 e. The number of amides is 1. The third-order valence-electron chi connectivity index (χ3n) is 1.55. The molecule has 0 aromatic carbocycles. The number of rotatable bonds is 3. The third-order valence-corrected chi connectivity index (χ3v) is 2.60. The highest BCUT2D eigenvalue weighted by Crippen LogP contribution is 2.18. The van der Waals surface area contributed by atoms with Gasteiger partial charge in [0, 0.05) is 12.1 Å². The molecule has 7 nitrogen and oxygen atoms in total. The molecule has 0 saturated heterocycles. The monoisotopic (exact) mass is 209 g/mol. The van der Waals surface area contributed by atoms with E-state index < -0.39 is 16.3 Å². The smallest absolute Gasteiger partial charge is 0.421 e. The van der Waals surface area contributed by atoms with Crippen molar-refractivity contribution in [3.63, 3.8) is 0 Å². The van der Waals surface area contributed by atoms with Crippen LogP contribution < -0.4 is 15.2 Å². The molecule has 0 aliphatic heterocycles. The number of hydrogen-bond donors (Lipinski definition) is 3. The first kappa shape index (κ1) is 10.2.